The van der Waals surface area contributed by atoms with Crippen LogP contribution in [0.4, 0.5) is 5.69 Å². The monoisotopic (exact) mass is 312 g/mol. The summed E-state index contributed by atoms with van der Waals surface area (Å²) in [5, 5.41) is 4.54. The van der Waals surface area contributed by atoms with E-state index >= 15 is 0 Å². The molecule has 17 heavy (non-hydrogen) atoms. The minimum Gasteiger partial charge on any atom is -0.496 e. The lowest BCUT2D eigenvalue weighted by Crippen LogP contribution is -2.10. The number of aromatic nitrogens is 1. The molecule has 6 heteroatoms. The van der Waals surface area contributed by atoms with Crippen LogP contribution in [-0.4, -0.2) is 18.0 Å². The van der Waals surface area contributed by atoms with Gasteiger partial charge in [0, 0.05) is 11.4 Å². The number of carbonyl (C=O) groups excluding carboxylic acids is 1. The van der Waals surface area contributed by atoms with Gasteiger partial charge in [-0.25, -0.2) is 4.98 Å². The Morgan fingerprint density at radius 2 is 2.35 bits per heavy atom. The highest BCUT2D eigenvalue weighted by molar-refractivity contribution is 9.10. The summed E-state index contributed by atoms with van der Waals surface area (Å²) in [5.41, 5.74) is 0.658. The standard InChI is InChI=1S/C11H9BrN2O2S/c1-16-8-4-9(17-6-8)11(15)14-7-2-3-10(12)13-5-7/h2-6H,1H3,(H,14,15). The van der Waals surface area contributed by atoms with E-state index in [9.17, 15) is 4.79 Å². The summed E-state index contributed by atoms with van der Waals surface area (Å²) in [7, 11) is 1.57. The summed E-state index contributed by atoms with van der Waals surface area (Å²) in [6, 6.07) is 5.25. The second-order valence-corrected chi connectivity index (χ2v) is 4.90. The van der Waals surface area contributed by atoms with Crippen LogP contribution in [0.1, 0.15) is 9.67 Å². The van der Waals surface area contributed by atoms with Gasteiger partial charge in [-0.05, 0) is 28.1 Å². The fourth-order valence-corrected chi connectivity index (χ4v) is 2.17. The predicted molar refractivity (Wildman–Crippen MR) is 70.8 cm³/mol. The number of methoxy groups -OCH3 is 1. The van der Waals surface area contributed by atoms with Gasteiger partial charge in [-0.15, -0.1) is 11.3 Å². The summed E-state index contributed by atoms with van der Waals surface area (Å²) >= 11 is 4.57. The Morgan fingerprint density at radius 3 is 2.94 bits per heavy atom. The van der Waals surface area contributed by atoms with Crippen LogP contribution in [0.5, 0.6) is 5.75 Å². The third-order valence-electron chi connectivity index (χ3n) is 2.02. The number of nitrogens with zero attached hydrogens (tertiary/aromatic N) is 1. The summed E-state index contributed by atoms with van der Waals surface area (Å²) in [4.78, 5) is 16.5. The van der Waals surface area contributed by atoms with Gasteiger partial charge < -0.3 is 10.1 Å². The number of nitrogens with one attached hydrogen (secondary N) is 1. The molecule has 0 fully saturated rings. The highest BCUT2D eigenvalue weighted by Crippen LogP contribution is 2.22. The molecule has 2 rings (SSSR count). The zero-order valence-corrected chi connectivity index (χ0v) is 11.3. The second-order valence-electron chi connectivity index (χ2n) is 3.17. The van der Waals surface area contributed by atoms with Gasteiger partial charge in [0.1, 0.15) is 10.4 Å². The topological polar surface area (TPSA) is 51.2 Å². The van der Waals surface area contributed by atoms with Crippen LogP contribution < -0.4 is 10.1 Å². The molecule has 2 heterocycles. The second kappa shape index (κ2) is 5.29. The molecule has 0 bridgehead atoms. The average Bonchev–Trinajstić information content (AvgIpc) is 2.81. The Bertz CT molecular complexity index is 525. The van der Waals surface area contributed by atoms with E-state index in [1.165, 1.54) is 11.3 Å². The molecule has 1 amide bonds. The van der Waals surface area contributed by atoms with E-state index in [4.69, 9.17) is 4.74 Å². The lowest BCUT2D eigenvalue weighted by atomic mass is 10.4. The molecule has 0 aliphatic carbocycles. The summed E-state index contributed by atoms with van der Waals surface area (Å²) < 4.78 is 5.75. The van der Waals surface area contributed by atoms with E-state index in [0.717, 1.165) is 4.60 Å². The van der Waals surface area contributed by atoms with E-state index in [1.807, 2.05) is 0 Å². The normalized spacial score (nSPS) is 10.0. The zero-order chi connectivity index (χ0) is 12.3. The van der Waals surface area contributed by atoms with Crippen LogP contribution in [0.15, 0.2) is 34.4 Å². The van der Waals surface area contributed by atoms with E-state index in [0.29, 0.717) is 16.3 Å². The Balaban J connectivity index is 2.08. The van der Waals surface area contributed by atoms with E-state index in [-0.39, 0.29) is 5.91 Å². The predicted octanol–water partition coefficient (Wildman–Crippen LogP) is 3.17. The molecule has 2 aromatic heterocycles. The number of rotatable bonds is 3. The van der Waals surface area contributed by atoms with Gasteiger partial charge >= 0.3 is 0 Å². The largest absolute Gasteiger partial charge is 0.496 e. The van der Waals surface area contributed by atoms with Crippen molar-refractivity contribution in [3.63, 3.8) is 0 Å². The molecule has 4 nitrogen and oxygen atoms in total. The molecular weight excluding hydrogens is 304 g/mol. The van der Waals surface area contributed by atoms with Gasteiger partial charge in [0.05, 0.1) is 23.9 Å². The van der Waals surface area contributed by atoms with Crippen LogP contribution in [0.3, 0.4) is 0 Å². The van der Waals surface area contributed by atoms with E-state index in [2.05, 4.69) is 26.2 Å². The van der Waals surface area contributed by atoms with Crippen LogP contribution in [0.25, 0.3) is 0 Å². The number of carbonyl (C=O) groups is 1. The molecule has 0 saturated heterocycles. The molecule has 0 aliphatic rings. The first-order valence-corrected chi connectivity index (χ1v) is 6.42. The van der Waals surface area contributed by atoms with Gasteiger partial charge in [-0.1, -0.05) is 0 Å². The van der Waals surface area contributed by atoms with Crippen molar-refractivity contribution in [2.24, 2.45) is 0 Å². The van der Waals surface area contributed by atoms with Gasteiger partial charge in [-0.3, -0.25) is 4.79 Å². The number of anilines is 1. The minimum absolute atomic E-state index is 0.164. The third-order valence-corrected chi connectivity index (χ3v) is 3.40. The van der Waals surface area contributed by atoms with Crippen molar-refractivity contribution in [3.8, 4) is 5.75 Å². The van der Waals surface area contributed by atoms with Crippen molar-refractivity contribution in [3.05, 3.63) is 39.3 Å². The molecule has 1 N–H and O–H groups in total. The third kappa shape index (κ3) is 3.04. The quantitative estimate of drug-likeness (QED) is 0.886. The Labute approximate surface area is 111 Å². The smallest absolute Gasteiger partial charge is 0.265 e. The van der Waals surface area contributed by atoms with Gasteiger partial charge in [-0.2, -0.15) is 0 Å². The molecular formula is C11H9BrN2O2S. The number of halogens is 1. The fourth-order valence-electron chi connectivity index (χ4n) is 1.19. The maximum Gasteiger partial charge on any atom is 0.265 e. The van der Waals surface area contributed by atoms with Crippen LogP contribution >= 0.6 is 27.3 Å². The first-order chi connectivity index (χ1) is 8.19. The number of hydrogen-bond donors (Lipinski definition) is 1. The maximum atomic E-state index is 11.8. The summed E-state index contributed by atoms with van der Waals surface area (Å²) in [5.74, 6) is 0.525. The van der Waals surface area contributed by atoms with Crippen LogP contribution in [-0.2, 0) is 0 Å². The molecule has 0 atom stereocenters. The lowest BCUT2D eigenvalue weighted by Gasteiger charge is -2.02. The number of ether oxygens (including phenoxy) is 1. The van der Waals surface area contributed by atoms with Crippen molar-refractivity contribution in [1.29, 1.82) is 0 Å². The van der Waals surface area contributed by atoms with Crippen molar-refractivity contribution in [2.45, 2.75) is 0 Å². The van der Waals surface area contributed by atoms with Crippen molar-refractivity contribution >= 4 is 38.9 Å². The number of pyridine rings is 1. The first kappa shape index (κ1) is 12.1. The summed E-state index contributed by atoms with van der Waals surface area (Å²) in [6.07, 6.45) is 1.59. The van der Waals surface area contributed by atoms with Crippen molar-refractivity contribution in [2.75, 3.05) is 12.4 Å². The molecule has 0 radical (unpaired) electrons. The lowest BCUT2D eigenvalue weighted by molar-refractivity contribution is 0.103. The number of hydrogen-bond acceptors (Lipinski definition) is 4. The summed E-state index contributed by atoms with van der Waals surface area (Å²) in [6.45, 7) is 0. The van der Waals surface area contributed by atoms with Gasteiger partial charge in [0.15, 0.2) is 0 Å². The van der Waals surface area contributed by atoms with Gasteiger partial charge in [0.25, 0.3) is 5.91 Å². The number of amides is 1. The molecule has 2 aromatic rings. The molecule has 0 saturated carbocycles. The first-order valence-electron chi connectivity index (χ1n) is 4.74. The maximum absolute atomic E-state index is 11.8. The van der Waals surface area contributed by atoms with Crippen molar-refractivity contribution < 1.29 is 9.53 Å². The molecule has 0 aromatic carbocycles. The van der Waals surface area contributed by atoms with E-state index in [1.54, 1.807) is 36.9 Å². The van der Waals surface area contributed by atoms with Crippen LogP contribution in [0.2, 0.25) is 0 Å². The van der Waals surface area contributed by atoms with Crippen LogP contribution in [0, 0.1) is 0 Å². The highest BCUT2D eigenvalue weighted by Gasteiger charge is 2.09. The van der Waals surface area contributed by atoms with Crippen molar-refractivity contribution in [1.82, 2.24) is 4.98 Å². The average molecular weight is 313 g/mol. The highest BCUT2D eigenvalue weighted by atomic mass is 79.9. The molecule has 0 aliphatic heterocycles. The molecule has 0 spiro atoms. The Morgan fingerprint density at radius 1 is 1.53 bits per heavy atom. The zero-order valence-electron chi connectivity index (χ0n) is 8.94. The Kier molecular flexibility index (Phi) is 3.75. The van der Waals surface area contributed by atoms with E-state index < -0.39 is 0 Å². The SMILES string of the molecule is COc1csc(C(=O)Nc2ccc(Br)nc2)c1. The molecule has 0 unspecified atom stereocenters. The fraction of sp³-hybridized carbons (Fsp3) is 0.0909. The number of thiophene rings is 1. The minimum atomic E-state index is -0.164. The molecule has 88 valence electrons. The Hall–Kier alpha value is -1.40. The van der Waals surface area contributed by atoms with Gasteiger partial charge in [0.2, 0.25) is 0 Å².